The van der Waals surface area contributed by atoms with Gasteiger partial charge in [-0.2, -0.15) is 0 Å². The zero-order valence-corrected chi connectivity index (χ0v) is 29.8. The molecule has 0 heterocycles. The highest BCUT2D eigenvalue weighted by molar-refractivity contribution is 7.94. The van der Waals surface area contributed by atoms with Gasteiger partial charge in [0.1, 0.15) is 23.9 Å². The van der Waals surface area contributed by atoms with Crippen molar-refractivity contribution in [1.82, 2.24) is 21.3 Å². The lowest BCUT2D eigenvalue weighted by atomic mass is 10.0. The third-order valence-electron chi connectivity index (χ3n) is 7.54. The maximum Gasteiger partial charge on any atom is 0.243 e. The topological polar surface area (TPSA) is 304 Å². The fourth-order valence-electron chi connectivity index (χ4n) is 4.96. The number of carbonyl (C=O) groups excluding carboxylic acids is 5. The van der Waals surface area contributed by atoms with Gasteiger partial charge < -0.3 is 49.3 Å². The molecule has 0 aliphatic carbocycles. The molecular formula is C34H49N9O8S. The largest absolute Gasteiger partial charge is 0.508 e. The van der Waals surface area contributed by atoms with Gasteiger partial charge in [0.25, 0.3) is 0 Å². The van der Waals surface area contributed by atoms with E-state index in [1.165, 1.54) is 31.2 Å². The summed E-state index contributed by atoms with van der Waals surface area (Å²) < 4.78 is 25.6. The van der Waals surface area contributed by atoms with Gasteiger partial charge in [0, 0.05) is 25.3 Å². The molecule has 0 aliphatic rings. The molecule has 2 aromatic carbocycles. The quantitative estimate of drug-likeness (QED) is 0.0398. The number of amides is 5. The van der Waals surface area contributed by atoms with Crippen LogP contribution in [0, 0.1) is 0 Å². The van der Waals surface area contributed by atoms with Gasteiger partial charge in [0.05, 0.1) is 17.4 Å². The number of nitrogens with one attached hydrogen (secondary N) is 4. The Balaban J connectivity index is 2.33. The summed E-state index contributed by atoms with van der Waals surface area (Å²) in [5.41, 5.74) is 22.5. The van der Waals surface area contributed by atoms with Crippen LogP contribution in [0.4, 0.5) is 0 Å². The molecule has 52 heavy (non-hydrogen) atoms. The predicted molar refractivity (Wildman–Crippen MR) is 195 cm³/mol. The second-order valence-corrected chi connectivity index (χ2v) is 13.8. The van der Waals surface area contributed by atoms with E-state index in [0.29, 0.717) is 24.9 Å². The van der Waals surface area contributed by atoms with Crippen LogP contribution in [0.5, 0.6) is 5.75 Å². The summed E-state index contributed by atoms with van der Waals surface area (Å²) in [6.07, 6.45) is 2.02. The van der Waals surface area contributed by atoms with E-state index in [9.17, 15) is 37.5 Å². The molecule has 18 heteroatoms. The number of benzene rings is 2. The third kappa shape index (κ3) is 16.0. The van der Waals surface area contributed by atoms with Crippen LogP contribution in [0.15, 0.2) is 76.0 Å². The molecule has 2 rings (SSSR count). The lowest BCUT2D eigenvalue weighted by Gasteiger charge is -2.26. The molecule has 13 N–H and O–H groups in total. The Hall–Kier alpha value is -5.49. The third-order valence-corrected chi connectivity index (χ3v) is 8.98. The molecule has 0 saturated carbocycles. The van der Waals surface area contributed by atoms with Gasteiger partial charge in [0.15, 0.2) is 15.8 Å². The highest BCUT2D eigenvalue weighted by atomic mass is 32.2. The smallest absolute Gasteiger partial charge is 0.243 e. The van der Waals surface area contributed by atoms with Crippen LogP contribution in [0.1, 0.15) is 51.0 Å². The van der Waals surface area contributed by atoms with Crippen molar-refractivity contribution in [3.63, 3.8) is 0 Å². The number of carbonyl (C=O) groups is 5. The van der Waals surface area contributed by atoms with Crippen molar-refractivity contribution < 1.29 is 37.5 Å². The van der Waals surface area contributed by atoms with Crippen molar-refractivity contribution in [3.8, 4) is 5.75 Å². The highest BCUT2D eigenvalue weighted by Gasteiger charge is 2.30. The van der Waals surface area contributed by atoms with Crippen molar-refractivity contribution in [3.05, 3.63) is 71.6 Å². The first kappa shape index (κ1) is 42.7. The highest BCUT2D eigenvalue weighted by Crippen LogP contribution is 2.14. The maximum atomic E-state index is 13.8. The van der Waals surface area contributed by atoms with E-state index >= 15 is 0 Å². The van der Waals surface area contributed by atoms with Crippen molar-refractivity contribution >= 4 is 45.3 Å². The molecule has 0 bridgehead atoms. The molecule has 4 atom stereocenters. The Labute approximate surface area is 303 Å². The average molecular weight is 744 g/mol. The Morgan fingerprint density at radius 1 is 0.788 bits per heavy atom. The SMILES string of the molecule is CC(=O)N[C@@H](Cc1ccc(O)cc1)C(=O)N[C@@H](CCCN=C(N)N)C(=O)N[C@@H](CCCCN)C(=O)N[C@H](/C=C/S(=O)(=O)c1ccccc1)CC(N)=O. The van der Waals surface area contributed by atoms with E-state index in [0.717, 1.165) is 11.5 Å². The molecule has 0 spiro atoms. The standard InChI is InChI=1S/C34H49N9O8S/c1-22(44)40-29(20-23-12-14-25(45)15-13-23)33(49)43-28(11-7-18-39-34(37)38)32(48)42-27(10-5-6-17-35)31(47)41-24(21-30(36)46)16-19-52(50,51)26-8-3-2-4-9-26/h2-4,8-9,12-16,19,24,27-29,45H,5-7,10-11,17-18,20-21,35H2,1H3,(H2,36,46)(H,40,44)(H,41,47)(H,42,48)(H,43,49)(H4,37,38,39)/b19-16+/t24-,27+,28+,29+/m1/s1. The number of phenols is 1. The van der Waals surface area contributed by atoms with Crippen LogP contribution in [0.3, 0.4) is 0 Å². The number of aromatic hydroxyl groups is 1. The minimum absolute atomic E-state index is 0.000868. The van der Waals surface area contributed by atoms with Crippen molar-refractivity contribution in [1.29, 1.82) is 0 Å². The molecular weight excluding hydrogens is 694 g/mol. The van der Waals surface area contributed by atoms with E-state index in [1.807, 2.05) is 0 Å². The minimum atomic E-state index is -3.93. The summed E-state index contributed by atoms with van der Waals surface area (Å²) in [7, 11) is -3.93. The number of hydrogen-bond donors (Lipinski definition) is 9. The van der Waals surface area contributed by atoms with Crippen LogP contribution in [0.2, 0.25) is 0 Å². The number of sulfone groups is 1. The number of aliphatic imine (C=N–C) groups is 1. The number of guanidine groups is 1. The fourth-order valence-corrected chi connectivity index (χ4v) is 6.05. The second kappa shape index (κ2) is 21.7. The molecule has 284 valence electrons. The number of primary amides is 1. The number of rotatable bonds is 22. The summed E-state index contributed by atoms with van der Waals surface area (Å²) in [6.45, 7) is 1.67. The fraction of sp³-hybridized carbons (Fsp3) is 0.412. The molecule has 0 saturated heterocycles. The van der Waals surface area contributed by atoms with E-state index in [4.69, 9.17) is 22.9 Å². The molecule has 5 amide bonds. The van der Waals surface area contributed by atoms with Gasteiger partial charge in [-0.3, -0.25) is 29.0 Å². The first-order valence-electron chi connectivity index (χ1n) is 16.6. The predicted octanol–water partition coefficient (Wildman–Crippen LogP) is -1.06. The number of phenolic OH excluding ortho intramolecular Hbond substituents is 1. The van der Waals surface area contributed by atoms with Crippen LogP contribution < -0.4 is 44.2 Å². The monoisotopic (exact) mass is 743 g/mol. The zero-order chi connectivity index (χ0) is 38.7. The summed E-state index contributed by atoms with van der Waals surface area (Å²) in [5.74, 6) is -3.65. The second-order valence-electron chi connectivity index (χ2n) is 12.0. The normalized spacial score (nSPS) is 13.6. The molecule has 0 aliphatic heterocycles. The molecule has 17 nitrogen and oxygen atoms in total. The van der Waals surface area contributed by atoms with Gasteiger partial charge in [-0.05, 0) is 68.5 Å². The first-order valence-corrected chi connectivity index (χ1v) is 18.1. The van der Waals surface area contributed by atoms with Gasteiger partial charge in [0.2, 0.25) is 29.5 Å². The van der Waals surface area contributed by atoms with Crippen LogP contribution in [-0.4, -0.2) is 86.3 Å². The summed E-state index contributed by atoms with van der Waals surface area (Å²) in [5, 5.41) is 21.0. The van der Waals surface area contributed by atoms with Crippen molar-refractivity contribution in [2.45, 2.75) is 80.9 Å². The summed E-state index contributed by atoms with van der Waals surface area (Å²) in [4.78, 5) is 68.7. The van der Waals surface area contributed by atoms with Crippen LogP contribution in [0.25, 0.3) is 0 Å². The van der Waals surface area contributed by atoms with Gasteiger partial charge in [-0.15, -0.1) is 0 Å². The summed E-state index contributed by atoms with van der Waals surface area (Å²) >= 11 is 0. The van der Waals surface area contributed by atoms with Gasteiger partial charge in [-0.1, -0.05) is 36.4 Å². The maximum absolute atomic E-state index is 13.8. The number of unbranched alkanes of at least 4 members (excludes halogenated alkanes) is 1. The zero-order valence-electron chi connectivity index (χ0n) is 29.0. The molecule has 2 aromatic rings. The first-order chi connectivity index (χ1) is 24.6. The number of hydrogen-bond acceptors (Lipinski definition) is 10. The van der Waals surface area contributed by atoms with E-state index < -0.39 is 70.0 Å². The Bertz CT molecular complexity index is 1670. The van der Waals surface area contributed by atoms with Crippen molar-refractivity contribution in [2.75, 3.05) is 13.1 Å². The Kier molecular flexibility index (Phi) is 17.8. The van der Waals surface area contributed by atoms with E-state index in [-0.39, 0.29) is 48.8 Å². The molecule has 0 fully saturated rings. The number of nitrogens with two attached hydrogens (primary N) is 4. The lowest BCUT2D eigenvalue weighted by molar-refractivity contribution is -0.133. The molecule has 0 aromatic heterocycles. The van der Waals surface area contributed by atoms with E-state index in [2.05, 4.69) is 26.3 Å². The average Bonchev–Trinajstić information content (AvgIpc) is 3.08. The van der Waals surface area contributed by atoms with Crippen LogP contribution >= 0.6 is 0 Å². The lowest BCUT2D eigenvalue weighted by Crippen LogP contribution is -2.57. The summed E-state index contributed by atoms with van der Waals surface area (Å²) in [6, 6.07) is 8.88. The van der Waals surface area contributed by atoms with Crippen LogP contribution in [-0.2, 0) is 40.2 Å². The van der Waals surface area contributed by atoms with Gasteiger partial charge in [-0.25, -0.2) is 8.42 Å². The van der Waals surface area contributed by atoms with Crippen molar-refractivity contribution in [2.24, 2.45) is 27.9 Å². The molecule has 0 unspecified atom stereocenters. The molecule has 0 radical (unpaired) electrons. The Morgan fingerprint density at radius 2 is 1.37 bits per heavy atom. The Morgan fingerprint density at radius 3 is 1.92 bits per heavy atom. The number of nitrogens with zero attached hydrogens (tertiary/aromatic N) is 1. The van der Waals surface area contributed by atoms with E-state index in [1.54, 1.807) is 30.3 Å². The minimum Gasteiger partial charge on any atom is -0.508 e. The van der Waals surface area contributed by atoms with Gasteiger partial charge >= 0.3 is 0 Å².